The van der Waals surface area contributed by atoms with Gasteiger partial charge in [-0.25, -0.2) is 4.39 Å². The molecular weight excluding hydrogens is 265 g/mol. The minimum Gasteiger partial charge on any atom is -0.265 e. The molecule has 0 N–H and O–H groups in total. The van der Waals surface area contributed by atoms with Crippen LogP contribution in [0, 0.1) is 31.0 Å². The van der Waals surface area contributed by atoms with E-state index in [1.54, 1.807) is 4.68 Å². The van der Waals surface area contributed by atoms with Crippen molar-refractivity contribution in [2.75, 3.05) is 0 Å². The van der Waals surface area contributed by atoms with Gasteiger partial charge in [0.05, 0.1) is 29.8 Å². The fraction of sp³-hybridized carbons (Fsp3) is 0.286. The summed E-state index contributed by atoms with van der Waals surface area (Å²) in [7, 11) is 0. The molecule has 0 spiro atoms. The summed E-state index contributed by atoms with van der Waals surface area (Å²) in [5.74, 6) is 0.0412. The molecule has 1 aromatic heterocycles. The zero-order chi connectivity index (χ0) is 14.0. The molecule has 1 aromatic carbocycles. The molecule has 0 amide bonds. The SMILES string of the molecule is Cc1nn(Cc2cc(F)ccc2C#N)c(C)c1CCl. The highest BCUT2D eigenvalue weighted by Crippen LogP contribution is 2.18. The minimum atomic E-state index is -0.354. The molecule has 2 rings (SSSR count). The molecule has 98 valence electrons. The lowest BCUT2D eigenvalue weighted by molar-refractivity contribution is 0.615. The molecule has 0 fully saturated rings. The second-order valence-corrected chi connectivity index (χ2v) is 4.62. The van der Waals surface area contributed by atoms with Crippen LogP contribution in [0.5, 0.6) is 0 Å². The third kappa shape index (κ3) is 2.61. The van der Waals surface area contributed by atoms with E-state index in [0.717, 1.165) is 17.0 Å². The van der Waals surface area contributed by atoms with Crippen molar-refractivity contribution in [1.82, 2.24) is 9.78 Å². The Morgan fingerprint density at radius 1 is 1.42 bits per heavy atom. The van der Waals surface area contributed by atoms with Crippen LogP contribution in [0.15, 0.2) is 18.2 Å². The van der Waals surface area contributed by atoms with Gasteiger partial charge < -0.3 is 0 Å². The van der Waals surface area contributed by atoms with Crippen molar-refractivity contribution in [3.8, 4) is 6.07 Å². The minimum absolute atomic E-state index is 0.354. The van der Waals surface area contributed by atoms with Gasteiger partial charge in [0, 0.05) is 11.3 Å². The molecule has 0 aliphatic heterocycles. The van der Waals surface area contributed by atoms with Gasteiger partial charge in [-0.05, 0) is 37.6 Å². The predicted octanol–water partition coefficient (Wildman–Crippen LogP) is 3.30. The van der Waals surface area contributed by atoms with Crippen LogP contribution < -0.4 is 0 Å². The van der Waals surface area contributed by atoms with E-state index in [-0.39, 0.29) is 5.82 Å². The number of benzene rings is 1. The smallest absolute Gasteiger partial charge is 0.123 e. The van der Waals surface area contributed by atoms with Crippen molar-refractivity contribution >= 4 is 11.6 Å². The Bertz CT molecular complexity index is 655. The quantitative estimate of drug-likeness (QED) is 0.808. The molecule has 2 aromatic rings. The van der Waals surface area contributed by atoms with Gasteiger partial charge in [0.1, 0.15) is 5.82 Å². The molecule has 5 heteroatoms. The highest BCUT2D eigenvalue weighted by Gasteiger charge is 2.12. The van der Waals surface area contributed by atoms with E-state index < -0.39 is 0 Å². The number of hydrogen-bond donors (Lipinski definition) is 0. The number of halogens is 2. The Hall–Kier alpha value is -1.86. The Balaban J connectivity index is 2.42. The zero-order valence-electron chi connectivity index (χ0n) is 10.7. The van der Waals surface area contributed by atoms with E-state index in [0.29, 0.717) is 23.6 Å². The van der Waals surface area contributed by atoms with Gasteiger partial charge in [-0.3, -0.25) is 4.68 Å². The first-order chi connectivity index (χ1) is 9.06. The van der Waals surface area contributed by atoms with Gasteiger partial charge in [-0.2, -0.15) is 10.4 Å². The molecule has 0 radical (unpaired) electrons. The van der Waals surface area contributed by atoms with Gasteiger partial charge in [0.2, 0.25) is 0 Å². The van der Waals surface area contributed by atoms with Crippen molar-refractivity contribution in [3.05, 3.63) is 52.1 Å². The van der Waals surface area contributed by atoms with Crippen LogP contribution in [0.25, 0.3) is 0 Å². The maximum Gasteiger partial charge on any atom is 0.123 e. The molecule has 0 aliphatic rings. The van der Waals surface area contributed by atoms with Crippen LogP contribution >= 0.6 is 11.6 Å². The molecule has 0 saturated carbocycles. The summed E-state index contributed by atoms with van der Waals surface area (Å²) < 4.78 is 15.0. The molecule has 0 unspecified atom stereocenters. The molecule has 0 aliphatic carbocycles. The fourth-order valence-corrected chi connectivity index (χ4v) is 2.43. The van der Waals surface area contributed by atoms with Crippen molar-refractivity contribution in [3.63, 3.8) is 0 Å². The summed E-state index contributed by atoms with van der Waals surface area (Å²) >= 11 is 5.87. The zero-order valence-corrected chi connectivity index (χ0v) is 11.5. The largest absolute Gasteiger partial charge is 0.265 e. The van der Waals surface area contributed by atoms with Gasteiger partial charge in [-0.1, -0.05) is 0 Å². The maximum atomic E-state index is 13.3. The Morgan fingerprint density at radius 2 is 2.16 bits per heavy atom. The van der Waals surface area contributed by atoms with Crippen molar-refractivity contribution in [1.29, 1.82) is 5.26 Å². The third-order valence-corrected chi connectivity index (χ3v) is 3.44. The van der Waals surface area contributed by atoms with E-state index in [4.69, 9.17) is 16.9 Å². The van der Waals surface area contributed by atoms with E-state index in [1.165, 1.54) is 18.2 Å². The predicted molar refractivity (Wildman–Crippen MR) is 71.5 cm³/mol. The Morgan fingerprint density at radius 3 is 2.74 bits per heavy atom. The van der Waals surface area contributed by atoms with Crippen molar-refractivity contribution in [2.45, 2.75) is 26.3 Å². The van der Waals surface area contributed by atoms with E-state index in [9.17, 15) is 4.39 Å². The lowest BCUT2D eigenvalue weighted by Crippen LogP contribution is -2.06. The molecule has 0 bridgehead atoms. The first-order valence-corrected chi connectivity index (χ1v) is 6.37. The van der Waals surface area contributed by atoms with Gasteiger partial charge in [-0.15, -0.1) is 11.6 Å². The van der Waals surface area contributed by atoms with Crippen LogP contribution in [0.2, 0.25) is 0 Å². The molecule has 0 saturated heterocycles. The fourth-order valence-electron chi connectivity index (χ4n) is 2.04. The van der Waals surface area contributed by atoms with Crippen molar-refractivity contribution < 1.29 is 4.39 Å². The Kier molecular flexibility index (Phi) is 3.87. The second-order valence-electron chi connectivity index (χ2n) is 4.35. The third-order valence-electron chi connectivity index (χ3n) is 3.17. The lowest BCUT2D eigenvalue weighted by Gasteiger charge is -2.07. The van der Waals surface area contributed by atoms with Crippen molar-refractivity contribution in [2.24, 2.45) is 0 Å². The summed E-state index contributed by atoms with van der Waals surface area (Å²) in [5.41, 5.74) is 3.87. The standard InChI is InChI=1S/C14H13ClFN3/c1-9-14(6-15)10(2)19(18-9)8-12-5-13(16)4-3-11(12)7-17/h3-5H,6,8H2,1-2H3. The molecule has 3 nitrogen and oxygen atoms in total. The van der Waals surface area contributed by atoms with E-state index in [1.807, 2.05) is 13.8 Å². The van der Waals surface area contributed by atoms with Gasteiger partial charge >= 0.3 is 0 Å². The summed E-state index contributed by atoms with van der Waals surface area (Å²) in [5, 5.41) is 13.4. The van der Waals surface area contributed by atoms with E-state index in [2.05, 4.69) is 11.2 Å². The highest BCUT2D eigenvalue weighted by molar-refractivity contribution is 6.17. The number of hydrogen-bond acceptors (Lipinski definition) is 2. The summed E-state index contributed by atoms with van der Waals surface area (Å²) in [6.07, 6.45) is 0. The van der Waals surface area contributed by atoms with E-state index >= 15 is 0 Å². The van der Waals surface area contributed by atoms with Crippen LogP contribution in [0.3, 0.4) is 0 Å². The molecule has 0 atom stereocenters. The number of nitrogens with zero attached hydrogens (tertiary/aromatic N) is 3. The van der Waals surface area contributed by atoms with Crippen LogP contribution in [-0.4, -0.2) is 9.78 Å². The number of rotatable bonds is 3. The normalized spacial score (nSPS) is 10.5. The topological polar surface area (TPSA) is 41.6 Å². The lowest BCUT2D eigenvalue weighted by atomic mass is 10.1. The maximum absolute atomic E-state index is 13.3. The number of nitriles is 1. The van der Waals surface area contributed by atoms with Crippen LogP contribution in [0.4, 0.5) is 4.39 Å². The number of aromatic nitrogens is 2. The number of alkyl halides is 1. The molecule has 1 heterocycles. The average molecular weight is 278 g/mol. The second kappa shape index (κ2) is 5.41. The van der Waals surface area contributed by atoms with Crippen LogP contribution in [-0.2, 0) is 12.4 Å². The first kappa shape index (κ1) is 13.6. The summed E-state index contributed by atoms with van der Waals surface area (Å²) in [6, 6.07) is 6.20. The Labute approximate surface area is 116 Å². The summed E-state index contributed by atoms with van der Waals surface area (Å²) in [6.45, 7) is 4.17. The summed E-state index contributed by atoms with van der Waals surface area (Å²) in [4.78, 5) is 0. The first-order valence-electron chi connectivity index (χ1n) is 5.84. The van der Waals surface area contributed by atoms with Gasteiger partial charge in [0.25, 0.3) is 0 Å². The van der Waals surface area contributed by atoms with Crippen LogP contribution in [0.1, 0.15) is 28.1 Å². The molecular formula is C14H13ClFN3. The highest BCUT2D eigenvalue weighted by atomic mass is 35.5. The monoisotopic (exact) mass is 277 g/mol. The van der Waals surface area contributed by atoms with Gasteiger partial charge in [0.15, 0.2) is 0 Å². The average Bonchev–Trinajstić information content (AvgIpc) is 2.64. The number of aryl methyl sites for hydroxylation is 1. The molecule has 19 heavy (non-hydrogen) atoms.